The summed E-state index contributed by atoms with van der Waals surface area (Å²) in [6, 6.07) is 0. The Labute approximate surface area is 94.0 Å². The van der Waals surface area contributed by atoms with Gasteiger partial charge in [0.05, 0.1) is 18.8 Å². The second kappa shape index (κ2) is 5.20. The standard InChI is InChI=1S/C9H18BO2PS/c1-6-8(5-11-14-13-10)12-7(2)9(6,3)4/h6-8,13H,5H2,1-4H3. The van der Waals surface area contributed by atoms with Crippen LogP contribution in [0.2, 0.25) is 0 Å². The van der Waals surface area contributed by atoms with Crippen LogP contribution >= 0.6 is 19.3 Å². The van der Waals surface area contributed by atoms with Gasteiger partial charge in [-0.2, -0.15) is 0 Å². The number of hydrogen-bond acceptors (Lipinski definition) is 3. The molecule has 0 amide bonds. The Morgan fingerprint density at radius 1 is 1.50 bits per heavy atom. The third-order valence-electron chi connectivity index (χ3n) is 3.50. The third-order valence-corrected chi connectivity index (χ3v) is 4.49. The summed E-state index contributed by atoms with van der Waals surface area (Å²) in [4.78, 5) is 0. The minimum Gasteiger partial charge on any atom is -0.372 e. The first-order valence-corrected chi connectivity index (χ1v) is 7.44. The van der Waals surface area contributed by atoms with Gasteiger partial charge in [-0.15, -0.1) is 0 Å². The van der Waals surface area contributed by atoms with Gasteiger partial charge in [-0.3, -0.25) is 0 Å². The van der Waals surface area contributed by atoms with Crippen molar-refractivity contribution < 1.29 is 8.92 Å². The predicted octanol–water partition coefficient (Wildman–Crippen LogP) is 2.78. The summed E-state index contributed by atoms with van der Waals surface area (Å²) < 4.78 is 11.2. The molecule has 0 aliphatic carbocycles. The highest BCUT2D eigenvalue weighted by atomic mass is 32.7. The normalized spacial score (nSPS) is 37.0. The molecule has 1 aliphatic heterocycles. The summed E-state index contributed by atoms with van der Waals surface area (Å²) in [5, 5.41) is 0. The van der Waals surface area contributed by atoms with E-state index >= 15 is 0 Å². The molecule has 1 saturated heterocycles. The Bertz CT molecular complexity index is 192. The summed E-state index contributed by atoms with van der Waals surface area (Å²) in [7, 11) is 5.64. The second-order valence-electron chi connectivity index (χ2n) is 4.41. The van der Waals surface area contributed by atoms with E-state index in [1.165, 1.54) is 11.7 Å². The molecule has 0 bridgehead atoms. The Morgan fingerprint density at radius 2 is 2.14 bits per heavy atom. The molecule has 1 aliphatic rings. The maximum atomic E-state index is 5.86. The van der Waals surface area contributed by atoms with E-state index < -0.39 is 0 Å². The lowest BCUT2D eigenvalue weighted by molar-refractivity contribution is 0.0113. The van der Waals surface area contributed by atoms with Gasteiger partial charge in [0.15, 0.2) is 0 Å². The molecular formula is C9H18BO2PS. The van der Waals surface area contributed by atoms with E-state index in [1.54, 1.807) is 0 Å². The minimum atomic E-state index is 0.212. The van der Waals surface area contributed by atoms with Crippen molar-refractivity contribution in [3.63, 3.8) is 0 Å². The predicted molar refractivity (Wildman–Crippen MR) is 64.9 cm³/mol. The van der Waals surface area contributed by atoms with Gasteiger partial charge in [0.2, 0.25) is 0 Å². The highest BCUT2D eigenvalue weighted by Gasteiger charge is 2.45. The van der Waals surface area contributed by atoms with E-state index in [0.29, 0.717) is 26.3 Å². The molecule has 0 N–H and O–H groups in total. The lowest BCUT2D eigenvalue weighted by Crippen LogP contribution is -2.28. The van der Waals surface area contributed by atoms with Crippen molar-refractivity contribution in [2.45, 2.75) is 39.9 Å². The van der Waals surface area contributed by atoms with Gasteiger partial charge in [-0.05, 0) is 18.3 Å². The van der Waals surface area contributed by atoms with Gasteiger partial charge in [0, 0.05) is 11.7 Å². The number of ether oxygens (including phenoxy) is 1. The zero-order valence-electron chi connectivity index (χ0n) is 9.24. The molecule has 2 nitrogen and oxygen atoms in total. The molecule has 80 valence electrons. The Kier molecular flexibility index (Phi) is 4.77. The fourth-order valence-electron chi connectivity index (χ4n) is 1.72. The van der Waals surface area contributed by atoms with Crippen LogP contribution in [-0.2, 0) is 8.92 Å². The van der Waals surface area contributed by atoms with E-state index in [0.717, 1.165) is 0 Å². The van der Waals surface area contributed by atoms with E-state index in [4.69, 9.17) is 16.5 Å². The summed E-state index contributed by atoms with van der Waals surface area (Å²) in [5.41, 5.74) is 0.240. The van der Waals surface area contributed by atoms with Crippen LogP contribution in [0.1, 0.15) is 27.7 Å². The first-order chi connectivity index (χ1) is 6.50. The van der Waals surface area contributed by atoms with Gasteiger partial charge < -0.3 is 8.92 Å². The van der Waals surface area contributed by atoms with E-state index in [-0.39, 0.29) is 11.5 Å². The molecule has 0 saturated carbocycles. The molecule has 0 aromatic rings. The fraction of sp³-hybridized carbons (Fsp3) is 1.00. The molecule has 1 rings (SSSR count). The minimum absolute atomic E-state index is 0.212. The van der Waals surface area contributed by atoms with Gasteiger partial charge in [0.25, 0.3) is 0 Å². The van der Waals surface area contributed by atoms with Crippen LogP contribution in [-0.4, -0.2) is 26.4 Å². The molecule has 0 aromatic carbocycles. The van der Waals surface area contributed by atoms with Crippen molar-refractivity contribution >= 4 is 26.9 Å². The van der Waals surface area contributed by atoms with Crippen LogP contribution in [0.15, 0.2) is 0 Å². The summed E-state index contributed by atoms with van der Waals surface area (Å²) >= 11 is 1.32. The van der Waals surface area contributed by atoms with Gasteiger partial charge in [-0.1, -0.05) is 28.4 Å². The average Bonchev–Trinajstić information content (AvgIpc) is 2.31. The molecule has 0 spiro atoms. The van der Waals surface area contributed by atoms with Gasteiger partial charge >= 0.3 is 0 Å². The number of hydrogen-bond donors (Lipinski definition) is 0. The molecule has 4 unspecified atom stereocenters. The Morgan fingerprint density at radius 3 is 2.57 bits per heavy atom. The molecule has 2 radical (unpaired) electrons. The van der Waals surface area contributed by atoms with Crippen LogP contribution in [0, 0.1) is 11.3 Å². The fourth-order valence-corrected chi connectivity index (χ4v) is 2.40. The molecule has 14 heavy (non-hydrogen) atoms. The Hall–Kier alpha value is 0.765. The SMILES string of the molecule is [B]PSOCC1OC(C)C(C)(C)C1C. The van der Waals surface area contributed by atoms with Crippen molar-refractivity contribution in [1.29, 1.82) is 0 Å². The van der Waals surface area contributed by atoms with Crippen molar-refractivity contribution in [1.82, 2.24) is 0 Å². The van der Waals surface area contributed by atoms with Crippen LogP contribution in [0.3, 0.4) is 0 Å². The summed E-state index contributed by atoms with van der Waals surface area (Å²) in [5.74, 6) is 0.527. The van der Waals surface area contributed by atoms with Crippen LogP contribution < -0.4 is 0 Å². The monoisotopic (exact) mass is 232 g/mol. The van der Waals surface area contributed by atoms with E-state index in [2.05, 4.69) is 27.7 Å². The maximum absolute atomic E-state index is 5.86. The lowest BCUT2D eigenvalue weighted by Gasteiger charge is -2.26. The van der Waals surface area contributed by atoms with Crippen LogP contribution in [0.4, 0.5) is 0 Å². The van der Waals surface area contributed by atoms with Crippen molar-refractivity contribution in [3.8, 4) is 0 Å². The highest BCUT2D eigenvalue weighted by molar-refractivity contribution is 8.53. The first-order valence-electron chi connectivity index (χ1n) is 4.89. The maximum Gasteiger partial charge on any atom is 0.122 e. The molecule has 1 fully saturated rings. The third kappa shape index (κ3) is 2.66. The zero-order valence-corrected chi connectivity index (χ0v) is 11.1. The molecule has 4 atom stereocenters. The molecule has 0 aromatic heterocycles. The lowest BCUT2D eigenvalue weighted by atomic mass is 9.76. The topological polar surface area (TPSA) is 18.5 Å². The molecule has 1 heterocycles. The average molecular weight is 232 g/mol. The highest BCUT2D eigenvalue weighted by Crippen LogP contribution is 2.43. The summed E-state index contributed by atoms with van der Waals surface area (Å²) in [6.07, 6.45) is 0.514. The van der Waals surface area contributed by atoms with Crippen LogP contribution in [0.25, 0.3) is 0 Å². The first kappa shape index (κ1) is 12.8. The van der Waals surface area contributed by atoms with Crippen LogP contribution in [0.5, 0.6) is 0 Å². The van der Waals surface area contributed by atoms with Gasteiger partial charge in [-0.25, -0.2) is 0 Å². The second-order valence-corrected chi connectivity index (χ2v) is 6.26. The van der Waals surface area contributed by atoms with Crippen molar-refractivity contribution in [3.05, 3.63) is 0 Å². The summed E-state index contributed by atoms with van der Waals surface area (Å²) in [6.45, 7) is 9.51. The van der Waals surface area contributed by atoms with E-state index in [9.17, 15) is 0 Å². The van der Waals surface area contributed by atoms with Crippen molar-refractivity contribution in [2.75, 3.05) is 6.61 Å². The molecular weight excluding hydrogens is 214 g/mol. The Balaban J connectivity index is 2.42. The quantitative estimate of drug-likeness (QED) is 0.321. The zero-order chi connectivity index (χ0) is 10.8. The van der Waals surface area contributed by atoms with E-state index in [1.807, 2.05) is 0 Å². The molecule has 5 heteroatoms. The largest absolute Gasteiger partial charge is 0.372 e. The van der Waals surface area contributed by atoms with Crippen molar-refractivity contribution in [2.24, 2.45) is 11.3 Å². The number of rotatable bonds is 4. The van der Waals surface area contributed by atoms with Gasteiger partial charge in [0.1, 0.15) is 7.57 Å². The smallest absolute Gasteiger partial charge is 0.122 e.